The summed E-state index contributed by atoms with van der Waals surface area (Å²) >= 11 is 0. The molecule has 0 heterocycles. The lowest BCUT2D eigenvalue weighted by molar-refractivity contribution is -0.207. The van der Waals surface area contributed by atoms with Gasteiger partial charge in [0.25, 0.3) is 0 Å². The van der Waals surface area contributed by atoms with E-state index in [-0.39, 0.29) is 22.9 Å². The average Bonchev–Trinajstić information content (AvgIpc) is 2.96. The summed E-state index contributed by atoms with van der Waals surface area (Å²) in [4.78, 5) is 11.3. The number of esters is 1. The van der Waals surface area contributed by atoms with Crippen LogP contribution < -0.4 is 0 Å². The van der Waals surface area contributed by atoms with Crippen molar-refractivity contribution in [1.29, 1.82) is 0 Å². The minimum Gasteiger partial charge on any atom is -0.466 e. The molecule has 8 atom stereocenters. The van der Waals surface area contributed by atoms with Crippen molar-refractivity contribution in [2.45, 2.75) is 83.3 Å². The lowest BCUT2D eigenvalue weighted by Crippen LogP contribution is -2.62. The van der Waals surface area contributed by atoms with Crippen LogP contribution in [-0.4, -0.2) is 35.0 Å². The Kier molecular flexibility index (Phi) is 5.48. The standard InChI is InChI=1S/C25H38O4/c1-23-13-11-19(26)16-18(23)8-9-21-20(23)12-14-24(2)17(10-15-25(21,24)28)6-4-5-7-22(27)29-3/h4-7,17-21,26,28H,8-16H2,1-3H3/b6-4+,7-5+/t17-,18+,19-,20-,21+,23-,24+,25-/m0/s1. The first-order chi connectivity index (χ1) is 13.7. The SMILES string of the molecule is COC(=O)/C=C/C=C/[C@H]1CC[C@]2(O)[C@@H]3CC[C@@H]4C[C@@H](O)CC[C@]4(C)[C@H]3CC[C@]12C. The topological polar surface area (TPSA) is 66.8 Å². The van der Waals surface area contributed by atoms with Crippen LogP contribution in [-0.2, 0) is 9.53 Å². The van der Waals surface area contributed by atoms with E-state index in [0.717, 1.165) is 51.4 Å². The zero-order chi connectivity index (χ0) is 20.9. The van der Waals surface area contributed by atoms with E-state index in [4.69, 9.17) is 0 Å². The number of carbonyl (C=O) groups excluding carboxylic acids is 1. The summed E-state index contributed by atoms with van der Waals surface area (Å²) in [6, 6.07) is 0. The molecule has 2 N–H and O–H groups in total. The highest BCUT2D eigenvalue weighted by atomic mass is 16.5. The molecular weight excluding hydrogens is 364 g/mol. The second-order valence-electron chi connectivity index (χ2n) is 10.7. The van der Waals surface area contributed by atoms with Gasteiger partial charge in [-0.3, -0.25) is 0 Å². The summed E-state index contributed by atoms with van der Waals surface area (Å²) in [7, 11) is 1.38. The molecule has 4 fully saturated rings. The van der Waals surface area contributed by atoms with Gasteiger partial charge in [-0.25, -0.2) is 4.79 Å². The molecule has 29 heavy (non-hydrogen) atoms. The quantitative estimate of drug-likeness (QED) is 0.417. The van der Waals surface area contributed by atoms with Crippen molar-refractivity contribution in [3.8, 4) is 0 Å². The molecule has 0 spiro atoms. The number of fused-ring (bicyclic) bond motifs is 5. The van der Waals surface area contributed by atoms with Gasteiger partial charge >= 0.3 is 5.97 Å². The molecule has 4 aliphatic rings. The number of ether oxygens (including phenoxy) is 1. The Bertz CT molecular complexity index is 699. The summed E-state index contributed by atoms with van der Waals surface area (Å²) in [5.41, 5.74) is -0.418. The van der Waals surface area contributed by atoms with Gasteiger partial charge in [-0.1, -0.05) is 32.1 Å². The van der Waals surface area contributed by atoms with Crippen molar-refractivity contribution in [2.24, 2.45) is 34.5 Å². The fourth-order valence-corrected chi connectivity index (χ4v) is 7.95. The minimum absolute atomic E-state index is 0.0961. The number of hydrogen-bond donors (Lipinski definition) is 2. The van der Waals surface area contributed by atoms with Crippen LogP contribution in [0.5, 0.6) is 0 Å². The fraction of sp³-hybridized carbons (Fsp3) is 0.800. The highest BCUT2D eigenvalue weighted by Crippen LogP contribution is 2.69. The summed E-state index contributed by atoms with van der Waals surface area (Å²) in [5, 5.41) is 22.3. The normalized spacial score (nSPS) is 49.6. The van der Waals surface area contributed by atoms with Crippen LogP contribution in [0.3, 0.4) is 0 Å². The molecule has 4 heteroatoms. The van der Waals surface area contributed by atoms with Gasteiger partial charge in [0.05, 0.1) is 18.8 Å². The van der Waals surface area contributed by atoms with Crippen molar-refractivity contribution in [1.82, 2.24) is 0 Å². The van der Waals surface area contributed by atoms with Crippen molar-refractivity contribution in [2.75, 3.05) is 7.11 Å². The molecule has 0 radical (unpaired) electrons. The lowest BCUT2D eigenvalue weighted by Gasteiger charge is -2.63. The highest BCUT2D eigenvalue weighted by Gasteiger charge is 2.66. The van der Waals surface area contributed by atoms with Crippen LogP contribution in [0.4, 0.5) is 0 Å². The molecule has 4 rings (SSSR count). The zero-order valence-electron chi connectivity index (χ0n) is 18.3. The number of aliphatic hydroxyl groups excluding tert-OH is 1. The van der Waals surface area contributed by atoms with Crippen molar-refractivity contribution in [3.63, 3.8) is 0 Å². The largest absolute Gasteiger partial charge is 0.466 e. The summed E-state index contributed by atoms with van der Waals surface area (Å²) in [5.74, 6) is 1.57. The van der Waals surface area contributed by atoms with E-state index in [1.165, 1.54) is 19.6 Å². The molecule has 0 aliphatic heterocycles. The van der Waals surface area contributed by atoms with Crippen molar-refractivity contribution < 1.29 is 19.7 Å². The summed E-state index contributed by atoms with van der Waals surface area (Å²) < 4.78 is 4.65. The molecule has 0 amide bonds. The third kappa shape index (κ3) is 3.22. The molecular formula is C25H38O4. The highest BCUT2D eigenvalue weighted by molar-refractivity contribution is 5.82. The van der Waals surface area contributed by atoms with Gasteiger partial charge in [-0.05, 0) is 86.9 Å². The first kappa shape index (κ1) is 21.1. The maximum atomic E-state index is 12.1. The van der Waals surface area contributed by atoms with Crippen LogP contribution in [0.25, 0.3) is 0 Å². The molecule has 4 aliphatic carbocycles. The number of hydrogen-bond acceptors (Lipinski definition) is 4. The van der Waals surface area contributed by atoms with E-state index >= 15 is 0 Å². The van der Waals surface area contributed by atoms with E-state index in [9.17, 15) is 15.0 Å². The van der Waals surface area contributed by atoms with E-state index < -0.39 is 5.60 Å². The number of rotatable bonds is 3. The van der Waals surface area contributed by atoms with E-state index in [1.807, 2.05) is 6.08 Å². The number of carbonyl (C=O) groups is 1. The Labute approximate surface area is 175 Å². The molecule has 4 saturated carbocycles. The predicted molar refractivity (Wildman–Crippen MR) is 113 cm³/mol. The van der Waals surface area contributed by atoms with Gasteiger partial charge in [-0.15, -0.1) is 0 Å². The maximum absolute atomic E-state index is 12.1. The van der Waals surface area contributed by atoms with Gasteiger partial charge < -0.3 is 14.9 Å². The van der Waals surface area contributed by atoms with E-state index in [0.29, 0.717) is 23.7 Å². The molecule has 0 aromatic rings. The predicted octanol–water partition coefficient (Wildman–Crippen LogP) is 4.41. The molecule has 4 nitrogen and oxygen atoms in total. The van der Waals surface area contributed by atoms with Gasteiger partial charge in [0.15, 0.2) is 0 Å². The van der Waals surface area contributed by atoms with Crippen molar-refractivity contribution in [3.05, 3.63) is 24.3 Å². The Morgan fingerprint density at radius 3 is 2.55 bits per heavy atom. The average molecular weight is 403 g/mol. The second kappa shape index (κ2) is 7.53. The summed E-state index contributed by atoms with van der Waals surface area (Å²) in [6.45, 7) is 4.75. The van der Waals surface area contributed by atoms with Gasteiger partial charge in [0, 0.05) is 11.5 Å². The van der Waals surface area contributed by atoms with Crippen LogP contribution in [0, 0.1) is 34.5 Å². The smallest absolute Gasteiger partial charge is 0.330 e. The maximum Gasteiger partial charge on any atom is 0.330 e. The molecule has 0 aromatic heterocycles. The summed E-state index contributed by atoms with van der Waals surface area (Å²) in [6.07, 6.45) is 16.6. The van der Waals surface area contributed by atoms with Gasteiger partial charge in [-0.2, -0.15) is 0 Å². The van der Waals surface area contributed by atoms with E-state index in [1.54, 1.807) is 6.08 Å². The Balaban J connectivity index is 1.54. The Morgan fingerprint density at radius 1 is 1.00 bits per heavy atom. The third-order valence-electron chi connectivity index (χ3n) is 9.78. The van der Waals surface area contributed by atoms with E-state index in [2.05, 4.69) is 24.7 Å². The number of methoxy groups -OCH3 is 1. The van der Waals surface area contributed by atoms with Gasteiger partial charge in [0.1, 0.15) is 0 Å². The van der Waals surface area contributed by atoms with Crippen LogP contribution in [0.1, 0.15) is 71.6 Å². The minimum atomic E-state index is -0.596. The molecule has 0 unspecified atom stereocenters. The molecule has 0 bridgehead atoms. The molecule has 0 saturated heterocycles. The van der Waals surface area contributed by atoms with Gasteiger partial charge in [0.2, 0.25) is 0 Å². The Morgan fingerprint density at radius 2 is 1.79 bits per heavy atom. The monoisotopic (exact) mass is 402 g/mol. The third-order valence-corrected chi connectivity index (χ3v) is 9.78. The molecule has 162 valence electrons. The van der Waals surface area contributed by atoms with Crippen molar-refractivity contribution >= 4 is 5.97 Å². The van der Waals surface area contributed by atoms with Crippen LogP contribution in [0.15, 0.2) is 24.3 Å². The lowest BCUT2D eigenvalue weighted by atomic mass is 9.43. The fourth-order valence-electron chi connectivity index (χ4n) is 7.95. The number of allylic oxidation sites excluding steroid dienone is 3. The molecule has 0 aromatic carbocycles. The number of aliphatic hydroxyl groups is 2. The first-order valence-electron chi connectivity index (χ1n) is 11.6. The van der Waals surface area contributed by atoms with Crippen LogP contribution in [0.2, 0.25) is 0 Å². The van der Waals surface area contributed by atoms with Crippen LogP contribution >= 0.6 is 0 Å². The first-order valence-corrected chi connectivity index (χ1v) is 11.6. The Hall–Kier alpha value is -1.13. The second-order valence-corrected chi connectivity index (χ2v) is 10.7. The zero-order valence-corrected chi connectivity index (χ0v) is 18.3.